The summed E-state index contributed by atoms with van der Waals surface area (Å²) in [4.78, 5) is 2.37. The Kier molecular flexibility index (Phi) is 5.16. The van der Waals surface area contributed by atoms with Crippen LogP contribution in [0.5, 0.6) is 5.75 Å². The van der Waals surface area contributed by atoms with Crippen LogP contribution in [0.3, 0.4) is 0 Å². The molecule has 1 saturated heterocycles. The van der Waals surface area contributed by atoms with Crippen molar-refractivity contribution in [1.82, 2.24) is 19.9 Å². The molecule has 0 unspecified atom stereocenters. The Balaban J connectivity index is 1.55. The van der Waals surface area contributed by atoms with Gasteiger partial charge in [0.05, 0.1) is 11.8 Å². The number of hydrogen-bond acceptors (Lipinski definition) is 5. The minimum Gasteiger partial charge on any atom is -0.492 e. The third kappa shape index (κ3) is 3.76. The smallest absolute Gasteiger partial charge is 0.122 e. The molecule has 2 aromatic rings. The van der Waals surface area contributed by atoms with Crippen LogP contribution in [0.25, 0.3) is 0 Å². The van der Waals surface area contributed by atoms with Crippen molar-refractivity contribution >= 4 is 0 Å². The molecule has 1 fully saturated rings. The second-order valence-electron chi connectivity index (χ2n) is 6.57. The molecule has 3 rings (SSSR count). The number of aromatic nitrogens is 3. The van der Waals surface area contributed by atoms with E-state index in [0.717, 1.165) is 31.1 Å². The number of nitrogens with zero attached hydrogens (tertiary/aromatic N) is 4. The van der Waals surface area contributed by atoms with E-state index in [1.165, 1.54) is 11.1 Å². The summed E-state index contributed by atoms with van der Waals surface area (Å²) in [6.07, 6.45) is 2.13. The van der Waals surface area contributed by atoms with E-state index in [1.54, 1.807) is 11.8 Å². The molecule has 6 nitrogen and oxygen atoms in total. The van der Waals surface area contributed by atoms with Crippen LogP contribution in [0.15, 0.2) is 24.4 Å². The lowest BCUT2D eigenvalue weighted by Crippen LogP contribution is -2.27. The van der Waals surface area contributed by atoms with E-state index in [1.807, 2.05) is 13.2 Å². The normalized spacial score (nSPS) is 21.3. The Labute approximate surface area is 143 Å². The molecular formula is C18H26N4O2. The summed E-state index contributed by atoms with van der Waals surface area (Å²) in [7, 11) is 3.66. The summed E-state index contributed by atoms with van der Waals surface area (Å²) in [5.74, 6) is 1.24. The van der Waals surface area contributed by atoms with Crippen molar-refractivity contribution in [1.29, 1.82) is 0 Å². The van der Waals surface area contributed by atoms with Crippen LogP contribution in [-0.2, 0) is 11.8 Å². The molecule has 1 aromatic carbocycles. The lowest BCUT2D eigenvalue weighted by atomic mass is 10.0. The van der Waals surface area contributed by atoms with Crippen LogP contribution in [0.1, 0.15) is 22.7 Å². The predicted octanol–water partition coefficient (Wildman–Crippen LogP) is 1.93. The summed E-state index contributed by atoms with van der Waals surface area (Å²) < 4.78 is 13.4. The van der Waals surface area contributed by atoms with Gasteiger partial charge >= 0.3 is 0 Å². The number of rotatable bonds is 6. The minimum atomic E-state index is 0.155. The van der Waals surface area contributed by atoms with Crippen molar-refractivity contribution in [3.8, 4) is 5.75 Å². The van der Waals surface area contributed by atoms with Gasteiger partial charge in [0.25, 0.3) is 0 Å². The quantitative estimate of drug-likeness (QED) is 0.810. The van der Waals surface area contributed by atoms with Crippen LogP contribution in [0.4, 0.5) is 0 Å². The van der Waals surface area contributed by atoms with Crippen molar-refractivity contribution in [2.45, 2.75) is 25.9 Å². The number of likely N-dealkylation sites (tertiary alicyclic amines) is 1. The van der Waals surface area contributed by atoms with Crippen molar-refractivity contribution in [2.75, 3.05) is 33.4 Å². The van der Waals surface area contributed by atoms with Gasteiger partial charge in [-0.15, -0.1) is 5.10 Å². The molecule has 1 aliphatic rings. The van der Waals surface area contributed by atoms with E-state index >= 15 is 0 Å². The van der Waals surface area contributed by atoms with Gasteiger partial charge in [0.1, 0.15) is 12.4 Å². The first kappa shape index (κ1) is 16.9. The maximum absolute atomic E-state index is 5.98. The lowest BCUT2D eigenvalue weighted by Gasteiger charge is -2.16. The molecule has 0 spiro atoms. The minimum absolute atomic E-state index is 0.155. The second kappa shape index (κ2) is 7.32. The zero-order valence-corrected chi connectivity index (χ0v) is 14.9. The average Bonchev–Trinajstić information content (AvgIpc) is 3.16. The first-order chi connectivity index (χ1) is 11.6. The van der Waals surface area contributed by atoms with Crippen LogP contribution in [0.2, 0.25) is 0 Å². The third-order valence-corrected chi connectivity index (χ3v) is 4.65. The van der Waals surface area contributed by atoms with Crippen LogP contribution in [0, 0.1) is 13.8 Å². The van der Waals surface area contributed by atoms with Gasteiger partial charge in [0.2, 0.25) is 0 Å². The molecule has 2 atom stereocenters. The number of benzene rings is 1. The summed E-state index contributed by atoms with van der Waals surface area (Å²) in [5.41, 5.74) is 3.40. The fourth-order valence-electron chi connectivity index (χ4n) is 3.24. The molecule has 0 saturated carbocycles. The number of ether oxygens (including phenoxy) is 2. The number of hydrogen-bond donors (Lipinski definition) is 0. The molecular weight excluding hydrogens is 304 g/mol. The molecule has 1 aromatic heterocycles. The van der Waals surface area contributed by atoms with Gasteiger partial charge in [0, 0.05) is 45.9 Å². The fourth-order valence-corrected chi connectivity index (χ4v) is 3.24. The van der Waals surface area contributed by atoms with E-state index in [4.69, 9.17) is 9.47 Å². The number of aryl methyl sites for hydroxylation is 3. The Hall–Kier alpha value is -1.92. The molecule has 2 heterocycles. The highest BCUT2D eigenvalue weighted by Gasteiger charge is 2.35. The van der Waals surface area contributed by atoms with E-state index in [2.05, 4.69) is 47.3 Å². The molecule has 0 radical (unpaired) electrons. The van der Waals surface area contributed by atoms with Crippen molar-refractivity contribution in [2.24, 2.45) is 7.05 Å². The highest BCUT2D eigenvalue weighted by molar-refractivity contribution is 5.35. The second-order valence-corrected chi connectivity index (χ2v) is 6.57. The maximum Gasteiger partial charge on any atom is 0.122 e. The van der Waals surface area contributed by atoms with Gasteiger partial charge in [-0.2, -0.15) is 0 Å². The highest BCUT2D eigenvalue weighted by atomic mass is 16.5. The average molecular weight is 330 g/mol. The topological polar surface area (TPSA) is 52.4 Å². The van der Waals surface area contributed by atoms with E-state index in [-0.39, 0.29) is 12.0 Å². The summed E-state index contributed by atoms with van der Waals surface area (Å²) in [6, 6.07) is 6.31. The molecule has 0 aliphatic carbocycles. The molecule has 6 heteroatoms. The first-order valence-corrected chi connectivity index (χ1v) is 8.38. The van der Waals surface area contributed by atoms with Crippen molar-refractivity contribution < 1.29 is 9.47 Å². The molecule has 130 valence electrons. The lowest BCUT2D eigenvalue weighted by molar-refractivity contribution is 0.0948. The first-order valence-electron chi connectivity index (χ1n) is 8.38. The van der Waals surface area contributed by atoms with Crippen molar-refractivity contribution in [3.05, 3.63) is 41.2 Å². The molecule has 0 N–H and O–H groups in total. The Morgan fingerprint density at radius 2 is 2.08 bits per heavy atom. The van der Waals surface area contributed by atoms with Crippen molar-refractivity contribution in [3.63, 3.8) is 0 Å². The molecule has 0 bridgehead atoms. The van der Waals surface area contributed by atoms with Crippen LogP contribution in [-0.4, -0.2) is 59.3 Å². The molecule has 0 amide bonds. The standard InChI is InChI=1S/C18H26N4O2/c1-13-5-6-14(2)17(9-13)24-8-7-22-10-15(18(12-22)23-4)16-11-21(3)20-19-16/h5-6,9,11,15,18H,7-8,10,12H2,1-4H3/t15-,18+/m0/s1. The monoisotopic (exact) mass is 330 g/mol. The van der Waals surface area contributed by atoms with E-state index < -0.39 is 0 Å². The van der Waals surface area contributed by atoms with Crippen LogP contribution >= 0.6 is 0 Å². The predicted molar refractivity (Wildman–Crippen MR) is 92.4 cm³/mol. The van der Waals surface area contributed by atoms with Gasteiger partial charge in [-0.05, 0) is 31.0 Å². The zero-order valence-electron chi connectivity index (χ0n) is 14.9. The molecule has 1 aliphatic heterocycles. The number of methoxy groups -OCH3 is 1. The van der Waals surface area contributed by atoms with Gasteiger partial charge in [-0.3, -0.25) is 9.58 Å². The van der Waals surface area contributed by atoms with E-state index in [9.17, 15) is 0 Å². The van der Waals surface area contributed by atoms with Gasteiger partial charge in [-0.25, -0.2) is 0 Å². The molecule has 24 heavy (non-hydrogen) atoms. The Bertz CT molecular complexity index is 685. The summed E-state index contributed by atoms with van der Waals surface area (Å²) in [5, 5.41) is 8.30. The fraction of sp³-hybridized carbons (Fsp3) is 0.556. The van der Waals surface area contributed by atoms with E-state index in [0.29, 0.717) is 6.61 Å². The third-order valence-electron chi connectivity index (χ3n) is 4.65. The van der Waals surface area contributed by atoms with Crippen LogP contribution < -0.4 is 4.74 Å². The zero-order chi connectivity index (χ0) is 17.1. The van der Waals surface area contributed by atoms with Gasteiger partial charge in [0.15, 0.2) is 0 Å². The van der Waals surface area contributed by atoms with Gasteiger partial charge in [-0.1, -0.05) is 17.3 Å². The Morgan fingerprint density at radius 1 is 1.25 bits per heavy atom. The summed E-state index contributed by atoms with van der Waals surface area (Å²) in [6.45, 7) is 7.54. The largest absolute Gasteiger partial charge is 0.492 e. The maximum atomic E-state index is 5.98. The summed E-state index contributed by atoms with van der Waals surface area (Å²) >= 11 is 0. The SMILES string of the molecule is CO[C@@H]1CN(CCOc2cc(C)ccc2C)C[C@H]1c1cn(C)nn1. The highest BCUT2D eigenvalue weighted by Crippen LogP contribution is 2.28. The Morgan fingerprint density at radius 3 is 2.79 bits per heavy atom. The van der Waals surface area contributed by atoms with Gasteiger partial charge < -0.3 is 9.47 Å².